The molecule has 0 aromatic heterocycles. The molecule has 0 heterocycles. The summed E-state index contributed by atoms with van der Waals surface area (Å²) in [7, 11) is 0. The number of ether oxygens (including phenoxy) is 4. The van der Waals surface area contributed by atoms with Gasteiger partial charge < -0.3 is 18.9 Å². The van der Waals surface area contributed by atoms with Crippen molar-refractivity contribution in [1.29, 1.82) is 0 Å². The molecule has 3 rings (SSSR count). The second-order valence-electron chi connectivity index (χ2n) is 7.20. The van der Waals surface area contributed by atoms with Gasteiger partial charge in [-0.05, 0) is 47.5 Å². The summed E-state index contributed by atoms with van der Waals surface area (Å²) in [5, 5.41) is 0. The van der Waals surface area contributed by atoms with E-state index in [0.29, 0.717) is 16.9 Å². The van der Waals surface area contributed by atoms with Crippen molar-refractivity contribution in [2.24, 2.45) is 0 Å². The second-order valence-corrected chi connectivity index (χ2v) is 7.20. The first-order valence-electron chi connectivity index (χ1n) is 10.6. The van der Waals surface area contributed by atoms with Gasteiger partial charge in [0.05, 0.1) is 5.56 Å². The molecular formula is C28H20F2O7. The highest BCUT2D eigenvalue weighted by molar-refractivity contribution is 5.86. The number of esters is 3. The minimum atomic E-state index is -3.76. The maximum Gasteiger partial charge on any atom is 0.426 e. The number of benzene rings is 3. The summed E-state index contributed by atoms with van der Waals surface area (Å²) >= 11 is 0. The van der Waals surface area contributed by atoms with Crippen molar-refractivity contribution in [2.45, 2.75) is 6.11 Å². The number of hydrogen-bond donors (Lipinski definition) is 0. The lowest BCUT2D eigenvalue weighted by molar-refractivity contribution is -0.185. The van der Waals surface area contributed by atoms with Crippen LogP contribution in [0.5, 0.6) is 23.0 Å². The second kappa shape index (κ2) is 11.6. The standard InChI is InChI=1S/C28H20F2O7/c1-4-25(31)34-21-13-9-19(10-14-21)18-7-11-20(12-8-18)28(29,30)37-22-15-16-23(35-26(32)5-2)24(17-22)36-27(33)6-3/h4-17H,1-3H2. The van der Waals surface area contributed by atoms with Gasteiger partial charge in [-0.1, -0.05) is 44.0 Å². The molecule has 0 bridgehead atoms. The molecule has 0 saturated heterocycles. The zero-order chi connectivity index (χ0) is 27.0. The molecule has 0 aliphatic rings. The van der Waals surface area contributed by atoms with Crippen LogP contribution >= 0.6 is 0 Å². The quantitative estimate of drug-likeness (QED) is 0.196. The summed E-state index contributed by atoms with van der Waals surface area (Å²) < 4.78 is 49.6. The van der Waals surface area contributed by atoms with Gasteiger partial charge in [0.2, 0.25) is 0 Å². The van der Waals surface area contributed by atoms with Crippen LogP contribution in [-0.2, 0) is 20.5 Å². The Labute approximate surface area is 210 Å². The number of carbonyl (C=O) groups is 3. The Hall–Kier alpha value is -5.05. The Kier molecular flexibility index (Phi) is 8.31. The fraction of sp³-hybridized carbons (Fsp3) is 0.0357. The Morgan fingerprint density at radius 3 is 1.62 bits per heavy atom. The van der Waals surface area contributed by atoms with Crippen LogP contribution in [0.2, 0.25) is 0 Å². The average Bonchev–Trinajstić information content (AvgIpc) is 2.90. The Bertz CT molecular complexity index is 1340. The van der Waals surface area contributed by atoms with E-state index < -0.39 is 29.6 Å². The average molecular weight is 506 g/mol. The van der Waals surface area contributed by atoms with Crippen LogP contribution in [0.15, 0.2) is 105 Å². The van der Waals surface area contributed by atoms with Crippen molar-refractivity contribution in [3.8, 4) is 34.1 Å². The van der Waals surface area contributed by atoms with Crippen molar-refractivity contribution in [1.82, 2.24) is 0 Å². The first-order chi connectivity index (χ1) is 17.6. The molecule has 0 amide bonds. The largest absolute Gasteiger partial charge is 0.429 e. The molecule has 9 heteroatoms. The predicted octanol–water partition coefficient (Wildman–Crippen LogP) is 5.76. The van der Waals surface area contributed by atoms with Crippen LogP contribution in [0, 0.1) is 0 Å². The molecule has 3 aromatic carbocycles. The lowest BCUT2D eigenvalue weighted by Gasteiger charge is -2.19. The van der Waals surface area contributed by atoms with Crippen LogP contribution in [0.3, 0.4) is 0 Å². The summed E-state index contributed by atoms with van der Waals surface area (Å²) in [5.74, 6) is -2.92. The van der Waals surface area contributed by atoms with E-state index in [0.717, 1.165) is 36.4 Å². The topological polar surface area (TPSA) is 88.1 Å². The molecule has 0 spiro atoms. The number of hydrogen-bond acceptors (Lipinski definition) is 7. The lowest BCUT2D eigenvalue weighted by Crippen LogP contribution is -2.22. The molecule has 0 atom stereocenters. The molecule has 3 aromatic rings. The van der Waals surface area contributed by atoms with Gasteiger partial charge in [0.25, 0.3) is 0 Å². The van der Waals surface area contributed by atoms with Gasteiger partial charge in [0.15, 0.2) is 11.5 Å². The van der Waals surface area contributed by atoms with Crippen LogP contribution in [0.25, 0.3) is 11.1 Å². The van der Waals surface area contributed by atoms with Crippen molar-refractivity contribution < 1.29 is 42.1 Å². The normalized spacial score (nSPS) is 10.5. The lowest BCUT2D eigenvalue weighted by atomic mass is 10.0. The van der Waals surface area contributed by atoms with Crippen molar-refractivity contribution in [3.05, 3.63) is 110 Å². The van der Waals surface area contributed by atoms with E-state index in [1.165, 1.54) is 24.3 Å². The monoisotopic (exact) mass is 506 g/mol. The summed E-state index contributed by atoms with van der Waals surface area (Å²) in [5.41, 5.74) is 0.889. The summed E-state index contributed by atoms with van der Waals surface area (Å²) in [6, 6.07) is 15.1. The van der Waals surface area contributed by atoms with Gasteiger partial charge in [0.1, 0.15) is 11.5 Å². The minimum absolute atomic E-state index is 0.203. The van der Waals surface area contributed by atoms with E-state index in [4.69, 9.17) is 18.9 Å². The Morgan fingerprint density at radius 1 is 0.622 bits per heavy atom. The Morgan fingerprint density at radius 2 is 1.08 bits per heavy atom. The fourth-order valence-corrected chi connectivity index (χ4v) is 2.95. The van der Waals surface area contributed by atoms with E-state index >= 15 is 0 Å². The van der Waals surface area contributed by atoms with Gasteiger partial charge in [-0.15, -0.1) is 0 Å². The minimum Gasteiger partial charge on any atom is -0.429 e. The van der Waals surface area contributed by atoms with Gasteiger partial charge in [-0.2, -0.15) is 8.78 Å². The highest BCUT2D eigenvalue weighted by Crippen LogP contribution is 2.37. The summed E-state index contributed by atoms with van der Waals surface area (Å²) in [6.45, 7) is 9.84. The number of halogens is 2. The molecule has 37 heavy (non-hydrogen) atoms. The van der Waals surface area contributed by atoms with Gasteiger partial charge in [-0.3, -0.25) is 0 Å². The number of carbonyl (C=O) groups excluding carboxylic acids is 3. The van der Waals surface area contributed by atoms with E-state index in [1.807, 2.05) is 0 Å². The zero-order valence-corrected chi connectivity index (χ0v) is 19.3. The van der Waals surface area contributed by atoms with Gasteiger partial charge in [0, 0.05) is 24.3 Å². The van der Waals surface area contributed by atoms with Crippen molar-refractivity contribution >= 4 is 17.9 Å². The van der Waals surface area contributed by atoms with Crippen LogP contribution in [0.4, 0.5) is 8.78 Å². The molecule has 0 unspecified atom stereocenters. The third-order valence-corrected chi connectivity index (χ3v) is 4.71. The van der Waals surface area contributed by atoms with Crippen LogP contribution < -0.4 is 18.9 Å². The smallest absolute Gasteiger partial charge is 0.426 e. The number of alkyl halides is 2. The molecular weight excluding hydrogens is 486 g/mol. The van der Waals surface area contributed by atoms with E-state index in [1.54, 1.807) is 24.3 Å². The molecule has 0 aliphatic carbocycles. The zero-order valence-electron chi connectivity index (χ0n) is 19.3. The first kappa shape index (κ1) is 26.6. The fourth-order valence-electron chi connectivity index (χ4n) is 2.95. The number of rotatable bonds is 10. The SMILES string of the molecule is C=CC(=O)Oc1ccc(-c2ccc(C(F)(F)Oc3ccc(OC(=O)C=C)c(OC(=O)C=C)c3)cc2)cc1. The van der Waals surface area contributed by atoms with E-state index in [2.05, 4.69) is 19.7 Å². The molecule has 188 valence electrons. The van der Waals surface area contributed by atoms with Crippen LogP contribution in [-0.4, -0.2) is 17.9 Å². The highest BCUT2D eigenvalue weighted by Gasteiger charge is 2.35. The molecule has 0 radical (unpaired) electrons. The van der Waals surface area contributed by atoms with E-state index in [-0.39, 0.29) is 17.2 Å². The third-order valence-electron chi connectivity index (χ3n) is 4.71. The van der Waals surface area contributed by atoms with Gasteiger partial charge in [-0.25, -0.2) is 14.4 Å². The Balaban J connectivity index is 1.79. The maximum atomic E-state index is 14.9. The highest BCUT2D eigenvalue weighted by atomic mass is 19.3. The first-order valence-corrected chi connectivity index (χ1v) is 10.6. The molecule has 0 aliphatic heterocycles. The molecule has 0 N–H and O–H groups in total. The third kappa shape index (κ3) is 6.98. The predicted molar refractivity (Wildman–Crippen MR) is 130 cm³/mol. The molecule has 7 nitrogen and oxygen atoms in total. The van der Waals surface area contributed by atoms with Crippen LogP contribution in [0.1, 0.15) is 5.56 Å². The van der Waals surface area contributed by atoms with Crippen molar-refractivity contribution in [2.75, 3.05) is 0 Å². The molecule has 0 saturated carbocycles. The summed E-state index contributed by atoms with van der Waals surface area (Å²) in [4.78, 5) is 34.4. The van der Waals surface area contributed by atoms with Gasteiger partial charge >= 0.3 is 24.0 Å². The molecule has 0 fully saturated rings. The maximum absolute atomic E-state index is 14.9. The van der Waals surface area contributed by atoms with E-state index in [9.17, 15) is 23.2 Å². The van der Waals surface area contributed by atoms with Crippen molar-refractivity contribution in [3.63, 3.8) is 0 Å². The summed E-state index contributed by atoms with van der Waals surface area (Å²) in [6.07, 6.45) is -0.993.